The van der Waals surface area contributed by atoms with Gasteiger partial charge in [0.1, 0.15) is 5.60 Å². The van der Waals surface area contributed by atoms with Gasteiger partial charge in [-0.25, -0.2) is 4.79 Å². The summed E-state index contributed by atoms with van der Waals surface area (Å²) in [5, 5.41) is 6.94. The van der Waals surface area contributed by atoms with Crippen LogP contribution in [0.1, 0.15) is 65.7 Å². The number of hydrogen-bond acceptors (Lipinski definition) is 4. The molecule has 2 saturated heterocycles. The van der Waals surface area contributed by atoms with Crippen molar-refractivity contribution in [3.63, 3.8) is 0 Å². The maximum Gasteiger partial charge on any atom is 0.410 e. The summed E-state index contributed by atoms with van der Waals surface area (Å²) in [4.78, 5) is 33.1. The van der Waals surface area contributed by atoms with E-state index in [2.05, 4.69) is 15.6 Å². The predicted octanol–water partition coefficient (Wildman–Crippen LogP) is 3.21. The van der Waals surface area contributed by atoms with E-state index < -0.39 is 5.60 Å². The van der Waals surface area contributed by atoms with Crippen LogP contribution in [0.25, 0.3) is 0 Å². The van der Waals surface area contributed by atoms with Gasteiger partial charge in [0.15, 0.2) is 5.96 Å². The molecular formula is C23H42IN5O3. The summed E-state index contributed by atoms with van der Waals surface area (Å²) in [5.41, 5.74) is -0.453. The molecule has 1 aliphatic carbocycles. The zero-order valence-electron chi connectivity index (χ0n) is 20.2. The summed E-state index contributed by atoms with van der Waals surface area (Å²) < 4.78 is 5.47. The Hall–Kier alpha value is -1.26. The Morgan fingerprint density at radius 1 is 1.00 bits per heavy atom. The molecule has 2 amide bonds. The maximum absolute atomic E-state index is 12.6. The van der Waals surface area contributed by atoms with Crippen molar-refractivity contribution in [3.8, 4) is 0 Å². The molecule has 0 spiro atoms. The van der Waals surface area contributed by atoms with Gasteiger partial charge in [0, 0.05) is 51.7 Å². The fourth-order valence-electron chi connectivity index (χ4n) is 4.78. The second kappa shape index (κ2) is 12.3. The molecule has 1 saturated carbocycles. The van der Waals surface area contributed by atoms with E-state index in [0.717, 1.165) is 70.8 Å². The molecule has 3 aliphatic rings. The summed E-state index contributed by atoms with van der Waals surface area (Å²) in [5.74, 6) is 1.90. The Labute approximate surface area is 210 Å². The first-order valence-corrected chi connectivity index (χ1v) is 12.0. The molecule has 8 nitrogen and oxygen atoms in total. The van der Waals surface area contributed by atoms with Crippen LogP contribution in [0.5, 0.6) is 0 Å². The molecule has 1 unspecified atom stereocenters. The topological polar surface area (TPSA) is 86.3 Å². The molecule has 0 radical (unpaired) electrons. The van der Waals surface area contributed by atoms with Crippen LogP contribution in [0, 0.1) is 11.8 Å². The average Bonchev–Trinajstić information content (AvgIpc) is 3.42. The third-order valence-corrected chi connectivity index (χ3v) is 6.59. The summed E-state index contributed by atoms with van der Waals surface area (Å²) in [7, 11) is 1.79. The highest BCUT2D eigenvalue weighted by atomic mass is 127. The number of hydrogen-bond donors (Lipinski definition) is 2. The summed E-state index contributed by atoms with van der Waals surface area (Å²) in [6.45, 7) is 9.59. The minimum absolute atomic E-state index is 0. The lowest BCUT2D eigenvalue weighted by atomic mass is 9.97. The van der Waals surface area contributed by atoms with Crippen molar-refractivity contribution in [1.82, 2.24) is 20.4 Å². The predicted molar refractivity (Wildman–Crippen MR) is 137 cm³/mol. The normalized spacial score (nSPS) is 23.1. The van der Waals surface area contributed by atoms with Crippen molar-refractivity contribution in [1.29, 1.82) is 0 Å². The number of rotatable bonds is 4. The van der Waals surface area contributed by atoms with Crippen molar-refractivity contribution in [2.75, 3.05) is 39.8 Å². The smallest absolute Gasteiger partial charge is 0.410 e. The van der Waals surface area contributed by atoms with Crippen LogP contribution >= 0.6 is 24.0 Å². The minimum Gasteiger partial charge on any atom is -0.444 e. The van der Waals surface area contributed by atoms with Gasteiger partial charge in [0.2, 0.25) is 5.91 Å². The quantitative estimate of drug-likeness (QED) is 0.312. The Morgan fingerprint density at radius 2 is 1.62 bits per heavy atom. The number of ether oxygens (including phenoxy) is 1. The number of nitrogens with one attached hydrogen (secondary N) is 2. The summed E-state index contributed by atoms with van der Waals surface area (Å²) in [6.07, 6.45) is 7.17. The largest absolute Gasteiger partial charge is 0.444 e. The molecule has 184 valence electrons. The van der Waals surface area contributed by atoms with Gasteiger partial charge in [-0.3, -0.25) is 9.79 Å². The Bertz CT molecular complexity index is 653. The first-order chi connectivity index (χ1) is 14.7. The SMILES string of the molecule is CN=C(NCC1CCN(C(=O)OC(C)(C)C)CC1)NC1CCN(C(=O)C2CCCC2)C1.I. The second-order valence-corrected chi connectivity index (χ2v) is 10.3. The lowest BCUT2D eigenvalue weighted by molar-refractivity contribution is -0.134. The van der Waals surface area contributed by atoms with Crippen molar-refractivity contribution in [3.05, 3.63) is 0 Å². The lowest BCUT2D eigenvalue weighted by Gasteiger charge is -2.33. The van der Waals surface area contributed by atoms with Gasteiger partial charge in [-0.15, -0.1) is 24.0 Å². The van der Waals surface area contributed by atoms with Crippen LogP contribution in [0.3, 0.4) is 0 Å². The van der Waals surface area contributed by atoms with Gasteiger partial charge in [-0.1, -0.05) is 12.8 Å². The van der Waals surface area contributed by atoms with E-state index in [9.17, 15) is 9.59 Å². The van der Waals surface area contributed by atoms with Crippen molar-refractivity contribution in [2.24, 2.45) is 16.8 Å². The van der Waals surface area contributed by atoms with Crippen molar-refractivity contribution >= 4 is 41.9 Å². The fraction of sp³-hybridized carbons (Fsp3) is 0.870. The first-order valence-electron chi connectivity index (χ1n) is 12.0. The van der Waals surface area contributed by atoms with E-state index in [1.807, 2.05) is 30.6 Å². The molecule has 0 aromatic heterocycles. The van der Waals surface area contributed by atoms with Crippen LogP contribution in [-0.4, -0.2) is 79.2 Å². The van der Waals surface area contributed by atoms with Crippen LogP contribution < -0.4 is 10.6 Å². The molecule has 2 aliphatic heterocycles. The third-order valence-electron chi connectivity index (χ3n) is 6.59. The molecular weight excluding hydrogens is 521 g/mol. The number of halogens is 1. The lowest BCUT2D eigenvalue weighted by Crippen LogP contribution is -2.48. The van der Waals surface area contributed by atoms with Crippen LogP contribution in [0.4, 0.5) is 4.79 Å². The molecule has 0 bridgehead atoms. The number of carbonyl (C=O) groups excluding carboxylic acids is 2. The molecule has 0 aromatic carbocycles. The van der Waals surface area contributed by atoms with E-state index >= 15 is 0 Å². The van der Waals surface area contributed by atoms with Gasteiger partial charge >= 0.3 is 6.09 Å². The van der Waals surface area contributed by atoms with E-state index in [4.69, 9.17) is 4.74 Å². The van der Waals surface area contributed by atoms with Crippen LogP contribution in [0.15, 0.2) is 4.99 Å². The zero-order chi connectivity index (χ0) is 22.4. The highest BCUT2D eigenvalue weighted by Crippen LogP contribution is 2.28. The maximum atomic E-state index is 12.6. The van der Waals surface area contributed by atoms with Crippen molar-refractivity contribution in [2.45, 2.75) is 77.4 Å². The van der Waals surface area contributed by atoms with E-state index in [0.29, 0.717) is 11.8 Å². The van der Waals surface area contributed by atoms with E-state index in [1.165, 1.54) is 12.8 Å². The third kappa shape index (κ3) is 7.95. The van der Waals surface area contributed by atoms with Gasteiger partial charge < -0.3 is 25.2 Å². The molecule has 32 heavy (non-hydrogen) atoms. The van der Waals surface area contributed by atoms with E-state index in [-0.39, 0.29) is 42.0 Å². The van der Waals surface area contributed by atoms with Crippen LogP contribution in [-0.2, 0) is 9.53 Å². The summed E-state index contributed by atoms with van der Waals surface area (Å²) in [6, 6.07) is 0.255. The molecule has 2 N–H and O–H groups in total. The van der Waals surface area contributed by atoms with Gasteiger partial charge in [0.25, 0.3) is 0 Å². The number of piperidine rings is 1. The Morgan fingerprint density at radius 3 is 2.22 bits per heavy atom. The molecule has 0 aromatic rings. The number of carbonyl (C=O) groups is 2. The monoisotopic (exact) mass is 563 g/mol. The number of guanidine groups is 1. The highest BCUT2D eigenvalue weighted by Gasteiger charge is 2.33. The van der Waals surface area contributed by atoms with E-state index in [1.54, 1.807) is 7.05 Å². The second-order valence-electron chi connectivity index (χ2n) is 10.3. The number of amides is 2. The average molecular weight is 564 g/mol. The molecule has 9 heteroatoms. The standard InChI is InChI=1S/C23H41N5O3.HI/c1-23(2,3)31-22(30)27-12-9-17(10-13-27)15-25-21(24-4)26-19-11-14-28(16-19)20(29)18-7-5-6-8-18;/h17-19H,5-16H2,1-4H3,(H2,24,25,26);1H. The Balaban J connectivity index is 0.00000363. The van der Waals surface area contributed by atoms with Gasteiger partial charge in [-0.05, 0) is 58.8 Å². The summed E-state index contributed by atoms with van der Waals surface area (Å²) >= 11 is 0. The van der Waals surface area contributed by atoms with Crippen molar-refractivity contribution < 1.29 is 14.3 Å². The molecule has 3 fully saturated rings. The Kier molecular flexibility index (Phi) is 10.4. The highest BCUT2D eigenvalue weighted by molar-refractivity contribution is 14.0. The number of nitrogens with zero attached hydrogens (tertiary/aromatic N) is 3. The first kappa shape index (κ1) is 27.0. The van der Waals surface area contributed by atoms with Crippen LogP contribution in [0.2, 0.25) is 0 Å². The van der Waals surface area contributed by atoms with Gasteiger partial charge in [0.05, 0.1) is 0 Å². The minimum atomic E-state index is -0.453. The molecule has 3 rings (SSSR count). The zero-order valence-corrected chi connectivity index (χ0v) is 22.5. The molecule has 2 heterocycles. The van der Waals surface area contributed by atoms with Gasteiger partial charge in [-0.2, -0.15) is 0 Å². The molecule has 1 atom stereocenters. The number of likely N-dealkylation sites (tertiary alicyclic amines) is 2. The number of aliphatic imine (C=N–C) groups is 1. The fourth-order valence-corrected chi connectivity index (χ4v) is 4.78.